The van der Waals surface area contributed by atoms with E-state index in [1.807, 2.05) is 18.9 Å². The van der Waals surface area contributed by atoms with Gasteiger partial charge in [0.25, 0.3) is 0 Å². The molecule has 0 radical (unpaired) electrons. The minimum Gasteiger partial charge on any atom is -0.381 e. The van der Waals surface area contributed by atoms with Crippen molar-refractivity contribution < 1.29 is 22.7 Å². The number of ether oxygens (including phenoxy) is 1. The first-order chi connectivity index (χ1) is 17.5. The van der Waals surface area contributed by atoms with Crippen LogP contribution in [0.4, 0.5) is 30.6 Å². The third kappa shape index (κ3) is 4.95. The molecular weight excluding hydrogens is 489 g/mol. The van der Waals surface area contributed by atoms with Gasteiger partial charge in [0.15, 0.2) is 5.82 Å². The van der Waals surface area contributed by atoms with E-state index in [1.54, 1.807) is 17.1 Å². The molecule has 37 heavy (non-hydrogen) atoms. The molecule has 3 aromatic rings. The molecule has 5 heterocycles. The van der Waals surface area contributed by atoms with Crippen LogP contribution >= 0.6 is 0 Å². The zero-order chi connectivity index (χ0) is 26.4. The Hall–Kier alpha value is -3.74. The summed E-state index contributed by atoms with van der Waals surface area (Å²) in [6.45, 7) is 5.67. The van der Waals surface area contributed by atoms with Crippen LogP contribution in [0.2, 0.25) is 0 Å². The van der Waals surface area contributed by atoms with Gasteiger partial charge in [-0.25, -0.2) is 4.98 Å². The molecule has 2 N–H and O–H groups in total. The Morgan fingerprint density at radius 2 is 2.05 bits per heavy atom. The van der Waals surface area contributed by atoms with Crippen molar-refractivity contribution in [2.75, 3.05) is 35.8 Å². The van der Waals surface area contributed by atoms with E-state index in [0.29, 0.717) is 48.5 Å². The van der Waals surface area contributed by atoms with Crippen LogP contribution in [0.5, 0.6) is 0 Å². The number of hydrogen-bond acceptors (Lipinski definition) is 8. The van der Waals surface area contributed by atoms with Crippen LogP contribution in [0.1, 0.15) is 35.9 Å². The van der Waals surface area contributed by atoms with Gasteiger partial charge < -0.3 is 20.3 Å². The molecule has 0 bridgehead atoms. The molecule has 0 aliphatic carbocycles. The van der Waals surface area contributed by atoms with E-state index < -0.39 is 17.9 Å². The van der Waals surface area contributed by atoms with Gasteiger partial charge in [-0.15, -0.1) is 0 Å². The molecule has 0 aromatic carbocycles. The van der Waals surface area contributed by atoms with Gasteiger partial charge in [0.1, 0.15) is 17.4 Å². The number of hydrogen-bond donors (Lipinski definition) is 2. The average Bonchev–Trinajstić information content (AvgIpc) is 3.47. The number of carbonyl (C=O) groups excluding carboxylic acids is 1. The monoisotopic (exact) mass is 516 g/mol. The lowest BCUT2D eigenvalue weighted by molar-refractivity contribution is -0.141. The molecule has 10 nitrogen and oxygen atoms in total. The Bertz CT molecular complexity index is 1300. The van der Waals surface area contributed by atoms with E-state index in [2.05, 4.69) is 37.6 Å². The topological polar surface area (TPSA) is 110 Å². The second-order valence-corrected chi connectivity index (χ2v) is 9.74. The molecule has 5 rings (SSSR count). The lowest BCUT2D eigenvalue weighted by atomic mass is 9.79. The average molecular weight is 517 g/mol. The molecule has 2 aliphatic heterocycles. The summed E-state index contributed by atoms with van der Waals surface area (Å²) in [4.78, 5) is 27.5. The van der Waals surface area contributed by atoms with Crippen molar-refractivity contribution in [3.63, 3.8) is 0 Å². The van der Waals surface area contributed by atoms with Gasteiger partial charge in [0.2, 0.25) is 11.9 Å². The van der Waals surface area contributed by atoms with Crippen LogP contribution in [-0.2, 0) is 28.8 Å². The van der Waals surface area contributed by atoms with Crippen LogP contribution < -0.4 is 15.5 Å². The summed E-state index contributed by atoms with van der Waals surface area (Å²) in [7, 11) is 1.86. The summed E-state index contributed by atoms with van der Waals surface area (Å²) < 4.78 is 45.4. The van der Waals surface area contributed by atoms with Gasteiger partial charge in [-0.1, -0.05) is 13.0 Å². The summed E-state index contributed by atoms with van der Waals surface area (Å²) in [5.74, 6) is 0.954. The van der Waals surface area contributed by atoms with Crippen molar-refractivity contribution in [2.24, 2.45) is 5.41 Å². The molecule has 0 spiro atoms. The Morgan fingerprint density at radius 1 is 1.24 bits per heavy atom. The van der Waals surface area contributed by atoms with Crippen LogP contribution in [0.25, 0.3) is 0 Å². The van der Waals surface area contributed by atoms with Gasteiger partial charge in [-0.05, 0) is 25.0 Å². The predicted molar refractivity (Wildman–Crippen MR) is 129 cm³/mol. The molecule has 13 heteroatoms. The standard InChI is InChI=1S/C24H27F3N8O2/c1-14-18-20(34(3)19(21(36)32-18)23(2)6-7-37-13-23)33-22(31-14)29-9-16-10-30-35(12-16)11-15-4-5-17(28-8-15)24(25,26)27/h4-5,8,10,12,19H,6-7,9,11,13H2,1-3H3,(H,32,36)(H,29,31,33). The highest BCUT2D eigenvalue weighted by Crippen LogP contribution is 2.41. The highest BCUT2D eigenvalue weighted by Gasteiger charge is 2.48. The number of nitrogens with one attached hydrogen (secondary N) is 2. The number of rotatable bonds is 6. The summed E-state index contributed by atoms with van der Waals surface area (Å²) >= 11 is 0. The van der Waals surface area contributed by atoms with E-state index in [-0.39, 0.29) is 17.9 Å². The van der Waals surface area contributed by atoms with Crippen molar-refractivity contribution in [2.45, 2.75) is 45.6 Å². The van der Waals surface area contributed by atoms with Crippen LogP contribution in [-0.4, -0.2) is 56.9 Å². The number of likely N-dealkylation sites (N-methyl/N-ethyl adjacent to an activating group) is 1. The molecule has 1 fully saturated rings. The minimum absolute atomic E-state index is 0.0916. The normalized spacial score (nSPS) is 21.6. The number of carbonyl (C=O) groups is 1. The molecule has 2 aliphatic rings. The number of fused-ring (bicyclic) bond motifs is 1. The lowest BCUT2D eigenvalue weighted by Gasteiger charge is -2.42. The summed E-state index contributed by atoms with van der Waals surface area (Å²) in [5.41, 5.74) is 1.43. The number of anilines is 3. The van der Waals surface area contributed by atoms with Crippen LogP contribution in [0.3, 0.4) is 0 Å². The predicted octanol–water partition coefficient (Wildman–Crippen LogP) is 3.24. The molecule has 1 saturated heterocycles. The Balaban J connectivity index is 1.27. The second kappa shape index (κ2) is 9.29. The fourth-order valence-corrected chi connectivity index (χ4v) is 4.85. The highest BCUT2D eigenvalue weighted by atomic mass is 19.4. The molecule has 0 saturated carbocycles. The number of amides is 1. The van der Waals surface area contributed by atoms with Crippen molar-refractivity contribution in [1.82, 2.24) is 24.7 Å². The number of aromatic nitrogens is 5. The molecular formula is C24H27F3N8O2. The molecule has 2 unspecified atom stereocenters. The zero-order valence-electron chi connectivity index (χ0n) is 20.6. The number of nitrogens with zero attached hydrogens (tertiary/aromatic N) is 6. The number of alkyl halides is 3. The van der Waals surface area contributed by atoms with Gasteiger partial charge in [-0.2, -0.15) is 23.3 Å². The van der Waals surface area contributed by atoms with Gasteiger partial charge in [0, 0.05) is 43.6 Å². The second-order valence-electron chi connectivity index (χ2n) is 9.74. The minimum atomic E-state index is -4.47. The largest absolute Gasteiger partial charge is 0.433 e. The van der Waals surface area contributed by atoms with Crippen molar-refractivity contribution in [1.29, 1.82) is 0 Å². The summed E-state index contributed by atoms with van der Waals surface area (Å²) in [6.07, 6.45) is 0.974. The summed E-state index contributed by atoms with van der Waals surface area (Å²) in [5, 5.41) is 10.5. The Morgan fingerprint density at radius 3 is 2.73 bits per heavy atom. The van der Waals surface area contributed by atoms with E-state index in [1.165, 1.54) is 12.3 Å². The molecule has 3 aromatic heterocycles. The first-order valence-electron chi connectivity index (χ1n) is 11.8. The van der Waals surface area contributed by atoms with E-state index >= 15 is 0 Å². The molecule has 1 amide bonds. The van der Waals surface area contributed by atoms with Gasteiger partial charge in [-0.3, -0.25) is 14.5 Å². The Labute approximate surface area is 211 Å². The SMILES string of the molecule is Cc1nc(NCc2cnn(Cc3ccc(C(F)(F)F)nc3)c2)nc2c1NC(=O)C(C1(C)CCOC1)N2C. The summed E-state index contributed by atoms with van der Waals surface area (Å²) in [6, 6.07) is 1.93. The van der Waals surface area contributed by atoms with Crippen LogP contribution in [0, 0.1) is 12.3 Å². The maximum Gasteiger partial charge on any atom is 0.433 e. The van der Waals surface area contributed by atoms with Crippen molar-refractivity contribution >= 4 is 23.4 Å². The number of aryl methyl sites for hydroxylation is 1. The fraction of sp³-hybridized carbons (Fsp3) is 0.458. The van der Waals surface area contributed by atoms with E-state index in [9.17, 15) is 18.0 Å². The van der Waals surface area contributed by atoms with Gasteiger partial charge in [0.05, 0.1) is 25.0 Å². The fourth-order valence-electron chi connectivity index (χ4n) is 4.85. The van der Waals surface area contributed by atoms with Crippen molar-refractivity contribution in [3.05, 3.63) is 53.2 Å². The number of halogens is 3. The smallest absolute Gasteiger partial charge is 0.381 e. The lowest BCUT2D eigenvalue weighted by Crippen LogP contribution is -2.56. The molecule has 196 valence electrons. The number of pyridine rings is 1. The molecule has 2 atom stereocenters. The Kier molecular flexibility index (Phi) is 6.26. The van der Waals surface area contributed by atoms with Crippen LogP contribution in [0.15, 0.2) is 30.7 Å². The maximum atomic E-state index is 13.0. The van der Waals surface area contributed by atoms with E-state index in [4.69, 9.17) is 4.74 Å². The highest BCUT2D eigenvalue weighted by molar-refractivity contribution is 6.04. The maximum absolute atomic E-state index is 13.0. The van der Waals surface area contributed by atoms with Crippen molar-refractivity contribution in [3.8, 4) is 0 Å². The zero-order valence-corrected chi connectivity index (χ0v) is 20.6. The first-order valence-corrected chi connectivity index (χ1v) is 11.8. The van der Waals surface area contributed by atoms with Gasteiger partial charge >= 0.3 is 6.18 Å². The third-order valence-corrected chi connectivity index (χ3v) is 6.80. The quantitative estimate of drug-likeness (QED) is 0.514. The van der Waals surface area contributed by atoms with E-state index in [0.717, 1.165) is 18.1 Å². The third-order valence-electron chi connectivity index (χ3n) is 6.80. The first kappa shape index (κ1) is 24.9.